The number of rotatable bonds is 3. The molecule has 1 aromatic carbocycles. The van der Waals surface area contributed by atoms with Crippen LogP contribution in [0.2, 0.25) is 0 Å². The summed E-state index contributed by atoms with van der Waals surface area (Å²) in [7, 11) is 2.20. The Bertz CT molecular complexity index is 734. The minimum Gasteiger partial charge on any atom is -0.336 e. The van der Waals surface area contributed by atoms with Gasteiger partial charge in [-0.25, -0.2) is 0 Å². The first-order chi connectivity index (χ1) is 13.6. The van der Waals surface area contributed by atoms with E-state index in [1.54, 1.807) is 0 Å². The van der Waals surface area contributed by atoms with Crippen LogP contribution in [0.25, 0.3) is 0 Å². The van der Waals surface area contributed by atoms with E-state index >= 15 is 0 Å². The summed E-state index contributed by atoms with van der Waals surface area (Å²) in [6.45, 7) is 8.59. The Morgan fingerprint density at radius 2 is 1.75 bits per heavy atom. The van der Waals surface area contributed by atoms with Gasteiger partial charge in [0.05, 0.1) is 0 Å². The molecule has 28 heavy (non-hydrogen) atoms. The maximum Gasteiger partial charge on any atom is 0.253 e. The van der Waals surface area contributed by atoms with Crippen molar-refractivity contribution in [1.29, 1.82) is 0 Å². The number of benzene rings is 1. The van der Waals surface area contributed by atoms with Gasteiger partial charge in [0.15, 0.2) is 0 Å². The molecule has 152 valence electrons. The number of hydrogen-bond acceptors (Lipinski definition) is 4. The normalized spacial score (nSPS) is 22.4. The Morgan fingerprint density at radius 3 is 2.43 bits per heavy atom. The summed E-state index contributed by atoms with van der Waals surface area (Å²) in [5, 5.41) is 0. The van der Waals surface area contributed by atoms with Crippen LogP contribution in [-0.2, 0) is 11.2 Å². The first-order valence-corrected chi connectivity index (χ1v) is 10.7. The minimum atomic E-state index is 0.130. The van der Waals surface area contributed by atoms with Gasteiger partial charge in [0.2, 0.25) is 5.91 Å². The zero-order valence-electron chi connectivity index (χ0n) is 17.2. The lowest BCUT2D eigenvalue weighted by Crippen LogP contribution is -2.54. The fourth-order valence-corrected chi connectivity index (χ4v) is 4.87. The molecule has 0 N–H and O–H groups in total. The molecule has 2 fully saturated rings. The molecule has 6 nitrogen and oxygen atoms in total. The van der Waals surface area contributed by atoms with Crippen molar-refractivity contribution in [1.82, 2.24) is 14.7 Å². The number of amides is 2. The quantitative estimate of drug-likeness (QED) is 0.798. The molecule has 0 unspecified atom stereocenters. The number of piperazine rings is 1. The molecule has 2 amide bonds. The zero-order chi connectivity index (χ0) is 19.7. The fraction of sp³-hybridized carbons (Fsp3) is 0.636. The van der Waals surface area contributed by atoms with Crippen LogP contribution in [0, 0.1) is 0 Å². The second-order valence-corrected chi connectivity index (χ2v) is 8.34. The van der Waals surface area contributed by atoms with E-state index in [-0.39, 0.29) is 11.8 Å². The molecule has 3 aliphatic rings. The van der Waals surface area contributed by atoms with Gasteiger partial charge in [0.25, 0.3) is 5.91 Å². The number of carbonyl (C=O) groups excluding carboxylic acids is 2. The van der Waals surface area contributed by atoms with Crippen molar-refractivity contribution in [2.45, 2.75) is 38.6 Å². The van der Waals surface area contributed by atoms with E-state index in [1.807, 2.05) is 34.9 Å². The van der Waals surface area contributed by atoms with Crippen molar-refractivity contribution in [3.05, 3.63) is 29.3 Å². The lowest BCUT2D eigenvalue weighted by atomic mass is 9.98. The minimum absolute atomic E-state index is 0.130. The fourth-order valence-electron chi connectivity index (χ4n) is 4.87. The predicted octanol–water partition coefficient (Wildman–Crippen LogP) is 1.84. The van der Waals surface area contributed by atoms with Gasteiger partial charge in [0.1, 0.15) is 0 Å². The van der Waals surface area contributed by atoms with Gasteiger partial charge in [-0.05, 0) is 70.1 Å². The molecule has 0 radical (unpaired) electrons. The van der Waals surface area contributed by atoms with E-state index in [0.717, 1.165) is 49.4 Å². The van der Waals surface area contributed by atoms with Crippen molar-refractivity contribution in [2.24, 2.45) is 0 Å². The molecule has 0 saturated carbocycles. The van der Waals surface area contributed by atoms with Crippen molar-refractivity contribution < 1.29 is 9.59 Å². The molecule has 2 saturated heterocycles. The Labute approximate surface area is 168 Å². The highest BCUT2D eigenvalue weighted by molar-refractivity contribution is 5.99. The largest absolute Gasteiger partial charge is 0.336 e. The molecule has 3 aliphatic heterocycles. The first-order valence-electron chi connectivity index (χ1n) is 10.7. The van der Waals surface area contributed by atoms with Crippen LogP contribution in [0.15, 0.2) is 18.2 Å². The van der Waals surface area contributed by atoms with Gasteiger partial charge in [-0.2, -0.15) is 0 Å². The molecule has 0 aromatic heterocycles. The maximum atomic E-state index is 13.0. The molecular weight excluding hydrogens is 352 g/mol. The third-order valence-corrected chi connectivity index (χ3v) is 6.65. The van der Waals surface area contributed by atoms with Gasteiger partial charge >= 0.3 is 0 Å². The number of hydrogen-bond donors (Lipinski definition) is 0. The molecule has 3 heterocycles. The van der Waals surface area contributed by atoms with Crippen LogP contribution in [0.4, 0.5) is 5.69 Å². The molecule has 0 spiro atoms. The highest BCUT2D eigenvalue weighted by Crippen LogP contribution is 2.29. The molecular formula is C22H32N4O2. The smallest absolute Gasteiger partial charge is 0.253 e. The van der Waals surface area contributed by atoms with Crippen LogP contribution in [0.5, 0.6) is 0 Å². The SMILES string of the molecule is CCN1C(=O)CCc2cc(C(=O)N3CCN(C4CCN(C)CC4)CC3)ccc21. The van der Waals surface area contributed by atoms with Gasteiger partial charge in [-0.15, -0.1) is 0 Å². The van der Waals surface area contributed by atoms with Gasteiger partial charge < -0.3 is 14.7 Å². The Hall–Kier alpha value is -1.92. The summed E-state index contributed by atoms with van der Waals surface area (Å²) in [4.78, 5) is 33.9. The molecule has 0 aliphatic carbocycles. The standard InChI is InChI=1S/C22H32N4O2/c1-3-26-20-6-4-18(16-17(20)5-7-21(26)27)22(28)25-14-12-24(13-15-25)19-8-10-23(2)11-9-19/h4,6,16,19H,3,5,7-15H2,1-2H3. The Morgan fingerprint density at radius 1 is 1.04 bits per heavy atom. The van der Waals surface area contributed by atoms with Crippen LogP contribution < -0.4 is 4.90 Å². The third-order valence-electron chi connectivity index (χ3n) is 6.65. The maximum absolute atomic E-state index is 13.0. The summed E-state index contributed by atoms with van der Waals surface area (Å²) in [6, 6.07) is 6.54. The monoisotopic (exact) mass is 384 g/mol. The third kappa shape index (κ3) is 3.80. The van der Waals surface area contributed by atoms with Gasteiger partial charge in [-0.1, -0.05) is 0 Å². The molecule has 0 bridgehead atoms. The number of piperidine rings is 1. The van der Waals surface area contributed by atoms with Crippen LogP contribution >= 0.6 is 0 Å². The van der Waals surface area contributed by atoms with Crippen molar-refractivity contribution in [3.63, 3.8) is 0 Å². The summed E-state index contributed by atoms with van der Waals surface area (Å²) < 4.78 is 0. The molecule has 6 heteroatoms. The molecule has 1 aromatic rings. The molecule has 0 atom stereocenters. The molecule has 4 rings (SSSR count). The van der Waals surface area contributed by atoms with E-state index in [9.17, 15) is 9.59 Å². The van der Waals surface area contributed by atoms with Gasteiger partial charge in [0, 0.05) is 56.4 Å². The second kappa shape index (κ2) is 8.21. The highest BCUT2D eigenvalue weighted by Gasteiger charge is 2.29. The number of aryl methyl sites for hydroxylation is 1. The zero-order valence-corrected chi connectivity index (χ0v) is 17.2. The van der Waals surface area contributed by atoms with Crippen LogP contribution in [-0.4, -0.2) is 85.4 Å². The van der Waals surface area contributed by atoms with Crippen molar-refractivity contribution in [3.8, 4) is 0 Å². The van der Waals surface area contributed by atoms with Crippen molar-refractivity contribution >= 4 is 17.5 Å². The van der Waals surface area contributed by atoms with Crippen molar-refractivity contribution in [2.75, 3.05) is 57.8 Å². The second-order valence-electron chi connectivity index (χ2n) is 8.34. The van der Waals surface area contributed by atoms with Crippen LogP contribution in [0.1, 0.15) is 42.1 Å². The highest BCUT2D eigenvalue weighted by atomic mass is 16.2. The Balaban J connectivity index is 1.39. The van der Waals surface area contributed by atoms with Crippen LogP contribution in [0.3, 0.4) is 0 Å². The summed E-state index contributed by atoms with van der Waals surface area (Å²) in [5.41, 5.74) is 2.86. The average Bonchev–Trinajstić information content (AvgIpc) is 2.73. The van der Waals surface area contributed by atoms with E-state index in [0.29, 0.717) is 19.0 Å². The topological polar surface area (TPSA) is 47.1 Å². The summed E-state index contributed by atoms with van der Waals surface area (Å²) >= 11 is 0. The number of carbonyl (C=O) groups is 2. The van der Waals surface area contributed by atoms with E-state index < -0.39 is 0 Å². The van der Waals surface area contributed by atoms with Gasteiger partial charge in [-0.3, -0.25) is 14.5 Å². The summed E-state index contributed by atoms with van der Waals surface area (Å²) in [5.74, 6) is 0.310. The first kappa shape index (κ1) is 19.4. The Kier molecular flexibility index (Phi) is 5.69. The number of nitrogens with zero attached hydrogens (tertiary/aromatic N) is 4. The number of likely N-dealkylation sites (tertiary alicyclic amines) is 1. The predicted molar refractivity (Wildman–Crippen MR) is 111 cm³/mol. The van der Waals surface area contributed by atoms with E-state index in [4.69, 9.17) is 0 Å². The summed E-state index contributed by atoms with van der Waals surface area (Å²) in [6.07, 6.45) is 3.74. The van der Waals surface area contributed by atoms with E-state index in [1.165, 1.54) is 25.9 Å². The average molecular weight is 385 g/mol. The number of anilines is 1. The lowest BCUT2D eigenvalue weighted by molar-refractivity contribution is -0.118. The lowest BCUT2D eigenvalue weighted by Gasteiger charge is -2.42. The van der Waals surface area contributed by atoms with E-state index in [2.05, 4.69) is 16.8 Å². The number of fused-ring (bicyclic) bond motifs is 1.